The maximum Gasteiger partial charge on any atom is 0.259 e. The maximum atomic E-state index is 12.9. The fourth-order valence-corrected chi connectivity index (χ4v) is 4.99. The van der Waals surface area contributed by atoms with Crippen LogP contribution in [0.2, 0.25) is 5.02 Å². The number of hydrogen-bond donors (Lipinski definition) is 1. The molecule has 0 saturated carbocycles. The highest BCUT2D eigenvalue weighted by molar-refractivity contribution is 8.14. The number of allylic oxidation sites excluding steroid dienone is 1. The normalized spacial score (nSPS) is 21.0. The van der Waals surface area contributed by atoms with E-state index in [0.717, 1.165) is 31.3 Å². The Labute approximate surface area is 168 Å². The monoisotopic (exact) mass is 428 g/mol. The highest BCUT2D eigenvalue weighted by Crippen LogP contribution is 2.30. The summed E-state index contributed by atoms with van der Waals surface area (Å²) in [6.07, 6.45) is 6.82. The molecule has 3 rings (SSSR count). The van der Waals surface area contributed by atoms with Gasteiger partial charge in [0.25, 0.3) is 5.91 Å². The third kappa shape index (κ3) is 5.34. The molecule has 27 heavy (non-hydrogen) atoms. The van der Waals surface area contributed by atoms with Gasteiger partial charge in [-0.2, -0.15) is 0 Å². The van der Waals surface area contributed by atoms with Crippen molar-refractivity contribution < 1.29 is 17.9 Å². The van der Waals surface area contributed by atoms with Crippen LogP contribution in [0.25, 0.3) is 0 Å². The summed E-state index contributed by atoms with van der Waals surface area (Å²) in [5.41, 5.74) is 0.507. The van der Waals surface area contributed by atoms with Crippen molar-refractivity contribution in [2.75, 3.05) is 18.6 Å². The van der Waals surface area contributed by atoms with Crippen LogP contribution in [0.1, 0.15) is 30.9 Å². The number of hydrogen-bond acceptors (Lipinski definition) is 6. The second-order valence-corrected chi connectivity index (χ2v) is 9.88. The SMILES string of the molecule is CS(=O)(=O)c1ccc(C(OC2C=CCCC2)C(=O)NC2=NCCS2)cc1Cl. The van der Waals surface area contributed by atoms with Crippen molar-refractivity contribution in [3.05, 3.63) is 40.9 Å². The van der Waals surface area contributed by atoms with Crippen LogP contribution >= 0.6 is 23.4 Å². The Morgan fingerprint density at radius 1 is 1.44 bits per heavy atom. The molecule has 1 amide bonds. The summed E-state index contributed by atoms with van der Waals surface area (Å²) in [4.78, 5) is 17.1. The fraction of sp³-hybridized carbons (Fsp3) is 0.444. The van der Waals surface area contributed by atoms with E-state index in [0.29, 0.717) is 17.3 Å². The summed E-state index contributed by atoms with van der Waals surface area (Å²) < 4.78 is 29.6. The van der Waals surface area contributed by atoms with Crippen LogP contribution < -0.4 is 5.32 Å². The quantitative estimate of drug-likeness (QED) is 0.728. The Hall–Kier alpha value is -1.35. The number of ether oxygens (including phenoxy) is 1. The minimum atomic E-state index is -3.45. The van der Waals surface area contributed by atoms with Gasteiger partial charge in [-0.25, -0.2) is 8.42 Å². The second kappa shape index (κ2) is 8.77. The molecular formula is C18H21ClN2O4S2. The van der Waals surface area contributed by atoms with Crippen molar-refractivity contribution >= 4 is 44.3 Å². The summed E-state index contributed by atoms with van der Waals surface area (Å²) >= 11 is 7.65. The highest BCUT2D eigenvalue weighted by atomic mass is 35.5. The molecule has 1 aromatic carbocycles. The number of nitrogens with zero attached hydrogens (tertiary/aromatic N) is 1. The molecule has 6 nitrogen and oxygen atoms in total. The predicted octanol–water partition coefficient (Wildman–Crippen LogP) is 3.13. The van der Waals surface area contributed by atoms with Gasteiger partial charge >= 0.3 is 0 Å². The lowest BCUT2D eigenvalue weighted by Gasteiger charge is -2.24. The Morgan fingerprint density at radius 2 is 2.26 bits per heavy atom. The van der Waals surface area contributed by atoms with Gasteiger partial charge in [0, 0.05) is 12.0 Å². The van der Waals surface area contributed by atoms with Crippen molar-refractivity contribution in [2.45, 2.75) is 36.4 Å². The maximum absolute atomic E-state index is 12.9. The zero-order valence-electron chi connectivity index (χ0n) is 14.9. The molecule has 0 aromatic heterocycles. The van der Waals surface area contributed by atoms with Crippen LogP contribution in [0.3, 0.4) is 0 Å². The number of rotatable bonds is 5. The molecular weight excluding hydrogens is 408 g/mol. The minimum absolute atomic E-state index is 0.0281. The van der Waals surface area contributed by atoms with Crippen LogP contribution in [-0.2, 0) is 19.4 Å². The van der Waals surface area contributed by atoms with Crippen molar-refractivity contribution in [1.29, 1.82) is 0 Å². The number of amidine groups is 1. The van der Waals surface area contributed by atoms with Gasteiger partial charge in [0.2, 0.25) is 0 Å². The summed E-state index contributed by atoms with van der Waals surface area (Å²) in [5.74, 6) is 0.492. The van der Waals surface area contributed by atoms with E-state index < -0.39 is 15.9 Å². The van der Waals surface area contributed by atoms with Gasteiger partial charge < -0.3 is 10.1 Å². The predicted molar refractivity (Wildman–Crippen MR) is 108 cm³/mol. The largest absolute Gasteiger partial charge is 0.356 e. The molecule has 2 atom stereocenters. The molecule has 1 aliphatic heterocycles. The van der Waals surface area contributed by atoms with E-state index in [9.17, 15) is 13.2 Å². The number of carbonyl (C=O) groups is 1. The Kier molecular flexibility index (Phi) is 6.62. The molecule has 0 radical (unpaired) electrons. The van der Waals surface area contributed by atoms with Gasteiger partial charge in [-0.15, -0.1) is 0 Å². The van der Waals surface area contributed by atoms with Crippen LogP contribution in [0.5, 0.6) is 0 Å². The number of sulfone groups is 1. The Morgan fingerprint density at radius 3 is 2.85 bits per heavy atom. The molecule has 9 heteroatoms. The van der Waals surface area contributed by atoms with Gasteiger partial charge in [0.05, 0.1) is 22.6 Å². The van der Waals surface area contributed by atoms with Gasteiger partial charge in [-0.05, 0) is 37.0 Å². The summed E-state index contributed by atoms with van der Waals surface area (Å²) in [7, 11) is -3.45. The molecule has 1 heterocycles. The zero-order chi connectivity index (χ0) is 19.4. The standard InChI is InChI=1S/C18H21ClN2O4S2/c1-27(23,24)15-8-7-12(11-14(15)19)16(25-13-5-3-2-4-6-13)17(22)21-18-20-9-10-26-18/h3,5,7-8,11,13,16H,2,4,6,9-10H2,1H3,(H,20,21,22). The molecule has 1 aromatic rings. The first-order valence-corrected chi connectivity index (χ1v) is 11.9. The first kappa shape index (κ1) is 20.4. The van der Waals surface area contributed by atoms with Crippen molar-refractivity contribution in [1.82, 2.24) is 5.32 Å². The molecule has 1 aliphatic carbocycles. The topological polar surface area (TPSA) is 84.8 Å². The second-order valence-electron chi connectivity index (χ2n) is 6.40. The molecule has 2 unspecified atom stereocenters. The molecule has 2 aliphatic rings. The molecule has 0 bridgehead atoms. The number of carbonyl (C=O) groups excluding carboxylic acids is 1. The van der Waals surface area contributed by atoms with Gasteiger partial charge in [0.15, 0.2) is 21.1 Å². The first-order valence-electron chi connectivity index (χ1n) is 8.64. The molecule has 0 fully saturated rings. The zero-order valence-corrected chi connectivity index (χ0v) is 17.2. The van der Waals surface area contributed by atoms with E-state index in [-0.39, 0.29) is 21.9 Å². The van der Waals surface area contributed by atoms with Crippen LogP contribution in [0.4, 0.5) is 0 Å². The summed E-state index contributed by atoms with van der Waals surface area (Å²) in [5, 5.41) is 3.44. The van der Waals surface area contributed by atoms with Crippen molar-refractivity contribution in [3.63, 3.8) is 0 Å². The van der Waals surface area contributed by atoms with Crippen LogP contribution in [0.15, 0.2) is 40.2 Å². The van der Waals surface area contributed by atoms with Crippen molar-refractivity contribution in [3.8, 4) is 0 Å². The molecule has 1 N–H and O–H groups in total. The molecule has 0 spiro atoms. The lowest BCUT2D eigenvalue weighted by Crippen LogP contribution is -2.35. The van der Waals surface area contributed by atoms with Crippen LogP contribution in [0, 0.1) is 0 Å². The van der Waals surface area contributed by atoms with E-state index in [2.05, 4.69) is 10.3 Å². The van der Waals surface area contributed by atoms with E-state index in [1.807, 2.05) is 12.2 Å². The number of halogens is 1. The summed E-state index contributed by atoms with van der Waals surface area (Å²) in [6.45, 7) is 0.673. The smallest absolute Gasteiger partial charge is 0.259 e. The van der Waals surface area contributed by atoms with Crippen LogP contribution in [-0.4, -0.2) is 44.1 Å². The minimum Gasteiger partial charge on any atom is -0.356 e. The average Bonchev–Trinajstić information content (AvgIpc) is 3.12. The number of aliphatic imine (C=N–C) groups is 1. The number of nitrogens with one attached hydrogen (secondary N) is 1. The van der Waals surface area contributed by atoms with E-state index in [1.54, 1.807) is 6.07 Å². The van der Waals surface area contributed by atoms with Gasteiger partial charge in [-0.3, -0.25) is 9.79 Å². The highest BCUT2D eigenvalue weighted by Gasteiger charge is 2.28. The lowest BCUT2D eigenvalue weighted by molar-refractivity contribution is -0.134. The lowest BCUT2D eigenvalue weighted by atomic mass is 10.0. The Balaban J connectivity index is 1.88. The number of thioether (sulfide) groups is 1. The van der Waals surface area contributed by atoms with Crippen molar-refractivity contribution in [2.24, 2.45) is 4.99 Å². The number of amides is 1. The van der Waals surface area contributed by atoms with Gasteiger partial charge in [0.1, 0.15) is 0 Å². The van der Waals surface area contributed by atoms with E-state index in [4.69, 9.17) is 16.3 Å². The third-order valence-electron chi connectivity index (χ3n) is 4.23. The summed E-state index contributed by atoms with van der Waals surface area (Å²) in [6, 6.07) is 4.47. The Bertz CT molecular complexity index is 883. The molecule has 146 valence electrons. The average molecular weight is 429 g/mol. The van der Waals surface area contributed by atoms with E-state index in [1.165, 1.54) is 23.9 Å². The van der Waals surface area contributed by atoms with Gasteiger partial charge in [-0.1, -0.05) is 41.6 Å². The third-order valence-corrected chi connectivity index (χ3v) is 6.70. The first-order chi connectivity index (χ1) is 12.8. The number of benzene rings is 1. The van der Waals surface area contributed by atoms with E-state index >= 15 is 0 Å². The fourth-order valence-electron chi connectivity index (χ4n) is 2.92. The molecule has 0 saturated heterocycles.